The molecule has 0 aliphatic rings. The van der Waals surface area contributed by atoms with Crippen LogP contribution in [0.5, 0.6) is 5.88 Å². The average molecular weight is 292 g/mol. The number of nitrogens with one attached hydrogen (secondary N) is 1. The standard InChI is InChI=1S/C12H15F3N2O3/c1-8(18)5-6-16-11(19)9-3-2-4-10(17-9)20-7-12(13,14)15/h2-4,8,18H,5-7H2,1H3,(H,16,19). The van der Waals surface area contributed by atoms with Gasteiger partial charge in [0, 0.05) is 12.6 Å². The highest BCUT2D eigenvalue weighted by molar-refractivity contribution is 5.92. The summed E-state index contributed by atoms with van der Waals surface area (Å²) >= 11 is 0. The van der Waals surface area contributed by atoms with Crippen molar-refractivity contribution < 1.29 is 27.8 Å². The maximum atomic E-state index is 12.0. The summed E-state index contributed by atoms with van der Waals surface area (Å²) in [4.78, 5) is 15.3. The van der Waals surface area contributed by atoms with Gasteiger partial charge in [0.1, 0.15) is 5.69 Å². The third-order valence-electron chi connectivity index (χ3n) is 2.19. The zero-order valence-electron chi connectivity index (χ0n) is 10.8. The van der Waals surface area contributed by atoms with Crippen molar-refractivity contribution >= 4 is 5.91 Å². The van der Waals surface area contributed by atoms with Gasteiger partial charge in [-0.1, -0.05) is 6.07 Å². The number of halogens is 3. The molecule has 0 spiro atoms. The molecule has 0 aromatic carbocycles. The molecular formula is C12H15F3N2O3. The minimum atomic E-state index is -4.46. The largest absolute Gasteiger partial charge is 0.468 e. The van der Waals surface area contributed by atoms with E-state index < -0.39 is 24.8 Å². The first kappa shape index (κ1) is 16.2. The van der Waals surface area contributed by atoms with Crippen LogP contribution in [0.4, 0.5) is 13.2 Å². The molecule has 0 aliphatic carbocycles. The number of aromatic nitrogens is 1. The highest BCUT2D eigenvalue weighted by atomic mass is 19.4. The number of ether oxygens (including phenoxy) is 1. The summed E-state index contributed by atoms with van der Waals surface area (Å²) in [5.74, 6) is -0.811. The van der Waals surface area contributed by atoms with Crippen LogP contribution in [0, 0.1) is 0 Å². The van der Waals surface area contributed by atoms with Gasteiger partial charge in [-0.15, -0.1) is 0 Å². The van der Waals surface area contributed by atoms with Crippen LogP contribution in [0.3, 0.4) is 0 Å². The van der Waals surface area contributed by atoms with Gasteiger partial charge in [0.2, 0.25) is 5.88 Å². The lowest BCUT2D eigenvalue weighted by Crippen LogP contribution is -2.27. The maximum absolute atomic E-state index is 12.0. The van der Waals surface area contributed by atoms with E-state index in [0.717, 1.165) is 0 Å². The monoisotopic (exact) mass is 292 g/mol. The van der Waals surface area contributed by atoms with Crippen molar-refractivity contribution in [3.8, 4) is 5.88 Å². The molecule has 1 atom stereocenters. The first-order valence-corrected chi connectivity index (χ1v) is 5.91. The summed E-state index contributed by atoms with van der Waals surface area (Å²) in [7, 11) is 0. The van der Waals surface area contributed by atoms with Crippen LogP contribution in [0.1, 0.15) is 23.8 Å². The van der Waals surface area contributed by atoms with Crippen LogP contribution in [-0.2, 0) is 0 Å². The molecule has 1 aromatic rings. The van der Waals surface area contributed by atoms with Gasteiger partial charge in [-0.25, -0.2) is 4.98 Å². The molecule has 1 amide bonds. The van der Waals surface area contributed by atoms with Gasteiger partial charge in [0.05, 0.1) is 6.10 Å². The summed E-state index contributed by atoms with van der Waals surface area (Å²) in [5.41, 5.74) is -0.0460. The van der Waals surface area contributed by atoms with Gasteiger partial charge in [0.25, 0.3) is 5.91 Å². The van der Waals surface area contributed by atoms with Gasteiger partial charge in [-0.3, -0.25) is 4.79 Å². The molecule has 0 fully saturated rings. The zero-order valence-corrected chi connectivity index (χ0v) is 10.8. The summed E-state index contributed by atoms with van der Waals surface area (Å²) in [5, 5.41) is 11.5. The number of hydrogen-bond donors (Lipinski definition) is 2. The Bertz CT molecular complexity index is 450. The van der Waals surface area contributed by atoms with E-state index in [4.69, 9.17) is 5.11 Å². The Kier molecular flexibility index (Phi) is 5.75. The molecule has 0 radical (unpaired) electrons. The summed E-state index contributed by atoms with van der Waals surface area (Å²) in [6.07, 6.45) is -4.64. The molecule has 1 heterocycles. The van der Waals surface area contributed by atoms with Crippen LogP contribution in [0.2, 0.25) is 0 Å². The Balaban J connectivity index is 2.56. The van der Waals surface area contributed by atoms with Crippen LogP contribution >= 0.6 is 0 Å². The van der Waals surface area contributed by atoms with E-state index in [2.05, 4.69) is 15.0 Å². The number of carbonyl (C=O) groups excluding carboxylic acids is 1. The Morgan fingerprint density at radius 3 is 2.80 bits per heavy atom. The van der Waals surface area contributed by atoms with Gasteiger partial charge >= 0.3 is 6.18 Å². The Morgan fingerprint density at radius 2 is 2.20 bits per heavy atom. The second-order valence-electron chi connectivity index (χ2n) is 4.16. The van der Waals surface area contributed by atoms with Crippen LogP contribution in [-0.4, -0.2) is 41.4 Å². The van der Waals surface area contributed by atoms with Crippen molar-refractivity contribution in [3.63, 3.8) is 0 Å². The number of pyridine rings is 1. The Hall–Kier alpha value is -1.83. The number of carbonyl (C=O) groups is 1. The van der Waals surface area contributed by atoms with Crippen LogP contribution < -0.4 is 10.1 Å². The van der Waals surface area contributed by atoms with E-state index in [1.165, 1.54) is 18.2 Å². The lowest BCUT2D eigenvalue weighted by molar-refractivity contribution is -0.154. The highest BCUT2D eigenvalue weighted by Gasteiger charge is 2.28. The average Bonchev–Trinajstić information content (AvgIpc) is 2.35. The lowest BCUT2D eigenvalue weighted by atomic mass is 10.3. The minimum Gasteiger partial charge on any atom is -0.468 e. The topological polar surface area (TPSA) is 71.5 Å². The third kappa shape index (κ3) is 6.37. The summed E-state index contributed by atoms with van der Waals surface area (Å²) in [6, 6.07) is 3.97. The SMILES string of the molecule is CC(O)CCNC(=O)c1cccc(OCC(F)(F)F)n1. The molecule has 1 unspecified atom stereocenters. The fourth-order valence-electron chi connectivity index (χ4n) is 1.26. The molecule has 2 N–H and O–H groups in total. The predicted molar refractivity (Wildman–Crippen MR) is 64.4 cm³/mol. The second-order valence-corrected chi connectivity index (χ2v) is 4.16. The smallest absolute Gasteiger partial charge is 0.422 e. The van der Waals surface area contributed by atoms with Crippen LogP contribution in [0.25, 0.3) is 0 Å². The van der Waals surface area contributed by atoms with E-state index in [0.29, 0.717) is 6.42 Å². The molecule has 0 aliphatic heterocycles. The maximum Gasteiger partial charge on any atom is 0.422 e. The van der Waals surface area contributed by atoms with E-state index >= 15 is 0 Å². The van der Waals surface area contributed by atoms with Crippen molar-refractivity contribution in [2.75, 3.05) is 13.2 Å². The summed E-state index contributed by atoms with van der Waals surface area (Å²) < 4.78 is 40.4. The molecule has 8 heteroatoms. The first-order chi connectivity index (χ1) is 9.28. The Morgan fingerprint density at radius 1 is 1.50 bits per heavy atom. The molecule has 0 saturated carbocycles. The fourth-order valence-corrected chi connectivity index (χ4v) is 1.26. The Labute approximate surface area is 113 Å². The van der Waals surface area contributed by atoms with Crippen LogP contribution in [0.15, 0.2) is 18.2 Å². The number of amides is 1. The number of alkyl halides is 3. The number of aliphatic hydroxyl groups is 1. The first-order valence-electron chi connectivity index (χ1n) is 5.91. The molecule has 20 heavy (non-hydrogen) atoms. The highest BCUT2D eigenvalue weighted by Crippen LogP contribution is 2.17. The quantitative estimate of drug-likeness (QED) is 0.834. The van der Waals surface area contributed by atoms with Gasteiger partial charge in [-0.05, 0) is 19.4 Å². The van der Waals surface area contributed by atoms with Gasteiger partial charge < -0.3 is 15.2 Å². The van der Waals surface area contributed by atoms with E-state index in [1.54, 1.807) is 6.92 Å². The molecule has 1 rings (SSSR count). The van der Waals surface area contributed by atoms with Crippen molar-refractivity contribution in [1.29, 1.82) is 0 Å². The van der Waals surface area contributed by atoms with Crippen molar-refractivity contribution in [2.45, 2.75) is 25.6 Å². The molecule has 0 saturated heterocycles. The second kappa shape index (κ2) is 7.09. The summed E-state index contributed by atoms with van der Waals surface area (Å²) in [6.45, 7) is 0.356. The fraction of sp³-hybridized carbons (Fsp3) is 0.500. The number of nitrogens with zero attached hydrogens (tertiary/aromatic N) is 1. The lowest BCUT2D eigenvalue weighted by Gasteiger charge is -2.10. The number of aliphatic hydroxyl groups excluding tert-OH is 1. The predicted octanol–water partition coefficient (Wildman–Crippen LogP) is 1.52. The van der Waals surface area contributed by atoms with Crippen molar-refractivity contribution in [1.82, 2.24) is 10.3 Å². The molecule has 112 valence electrons. The molecular weight excluding hydrogens is 277 g/mol. The minimum absolute atomic E-state index is 0.0460. The van der Waals surface area contributed by atoms with Gasteiger partial charge in [-0.2, -0.15) is 13.2 Å². The number of rotatable bonds is 6. The normalized spacial score (nSPS) is 12.8. The van der Waals surface area contributed by atoms with E-state index in [-0.39, 0.29) is 18.1 Å². The van der Waals surface area contributed by atoms with Crippen molar-refractivity contribution in [3.05, 3.63) is 23.9 Å². The third-order valence-corrected chi connectivity index (χ3v) is 2.19. The van der Waals surface area contributed by atoms with E-state index in [9.17, 15) is 18.0 Å². The zero-order chi connectivity index (χ0) is 15.2. The molecule has 0 bridgehead atoms. The van der Waals surface area contributed by atoms with Crippen molar-refractivity contribution in [2.24, 2.45) is 0 Å². The van der Waals surface area contributed by atoms with E-state index in [1.807, 2.05) is 0 Å². The molecule has 1 aromatic heterocycles. The van der Waals surface area contributed by atoms with Gasteiger partial charge in [0.15, 0.2) is 6.61 Å². The molecule has 5 nitrogen and oxygen atoms in total. The number of hydrogen-bond acceptors (Lipinski definition) is 4.